The Morgan fingerprint density at radius 2 is 2.07 bits per heavy atom. The lowest BCUT2D eigenvalue weighted by atomic mass is 10.1. The summed E-state index contributed by atoms with van der Waals surface area (Å²) in [5.74, 6) is 1.00. The quantitative estimate of drug-likeness (QED) is 0.565. The maximum absolute atomic E-state index is 12.1. The zero-order chi connectivity index (χ0) is 19.2. The molecule has 2 aliphatic heterocycles. The van der Waals surface area contributed by atoms with Gasteiger partial charge < -0.3 is 15.0 Å². The van der Waals surface area contributed by atoms with Crippen molar-refractivity contribution in [1.29, 1.82) is 0 Å². The number of benzene rings is 1. The number of rotatable bonds is 7. The lowest BCUT2D eigenvalue weighted by Crippen LogP contribution is -2.29. The standard InChI is InChI=1S/C20H23Cl2N3O2/c1-2-3-4-5-7-10-23-20(26)27-19-15(21)12-16-14(18(19)22)13-25-11-8-6-9-17(25)24-16/h6,8-9,11-12H,2-5,7,10,13H2,1H3,(H,23,26). The molecule has 3 rings (SSSR count). The number of nitrogens with zero attached hydrogens (tertiary/aromatic N) is 2. The van der Waals surface area contributed by atoms with Crippen LogP contribution in [0.15, 0.2) is 35.5 Å². The van der Waals surface area contributed by atoms with Crippen molar-refractivity contribution in [3.05, 3.63) is 46.1 Å². The van der Waals surface area contributed by atoms with Gasteiger partial charge in [-0.3, -0.25) is 0 Å². The van der Waals surface area contributed by atoms with Crippen molar-refractivity contribution in [2.45, 2.75) is 45.6 Å². The van der Waals surface area contributed by atoms with Crippen LogP contribution in [0, 0.1) is 0 Å². The fourth-order valence-electron chi connectivity index (χ4n) is 3.01. The van der Waals surface area contributed by atoms with E-state index in [2.05, 4.69) is 17.2 Å². The summed E-state index contributed by atoms with van der Waals surface area (Å²) in [5, 5.41) is 3.34. The van der Waals surface area contributed by atoms with E-state index in [1.807, 2.05) is 29.3 Å². The summed E-state index contributed by atoms with van der Waals surface area (Å²) in [4.78, 5) is 18.6. The van der Waals surface area contributed by atoms with E-state index in [-0.39, 0.29) is 10.8 Å². The molecule has 144 valence electrons. The number of carbonyl (C=O) groups is 1. The van der Waals surface area contributed by atoms with Gasteiger partial charge in [-0.15, -0.1) is 0 Å². The van der Waals surface area contributed by atoms with E-state index in [0.29, 0.717) is 23.8 Å². The molecule has 0 atom stereocenters. The largest absolute Gasteiger partial charge is 0.412 e. The molecule has 0 aliphatic carbocycles. The van der Waals surface area contributed by atoms with Crippen LogP contribution in [-0.2, 0) is 6.54 Å². The van der Waals surface area contributed by atoms with E-state index < -0.39 is 6.09 Å². The van der Waals surface area contributed by atoms with Gasteiger partial charge in [0.15, 0.2) is 5.75 Å². The van der Waals surface area contributed by atoms with E-state index in [9.17, 15) is 4.79 Å². The lowest BCUT2D eigenvalue weighted by Gasteiger charge is -2.28. The average molecular weight is 408 g/mol. The van der Waals surface area contributed by atoms with Crippen LogP contribution in [0.3, 0.4) is 0 Å². The second-order valence-electron chi connectivity index (χ2n) is 6.53. The molecule has 0 saturated heterocycles. The number of carbonyl (C=O) groups excluding carboxylic acids is 1. The molecule has 1 amide bonds. The molecule has 27 heavy (non-hydrogen) atoms. The van der Waals surface area contributed by atoms with E-state index in [1.54, 1.807) is 6.07 Å². The van der Waals surface area contributed by atoms with E-state index in [4.69, 9.17) is 27.9 Å². The smallest absolute Gasteiger partial charge is 0.407 e. The predicted octanol–water partition coefficient (Wildman–Crippen LogP) is 5.98. The Morgan fingerprint density at radius 3 is 2.89 bits per heavy atom. The first kappa shape index (κ1) is 19.8. The van der Waals surface area contributed by atoms with Crippen LogP contribution in [0.1, 0.15) is 44.6 Å². The van der Waals surface area contributed by atoms with Crippen molar-refractivity contribution >= 4 is 40.8 Å². The molecule has 0 radical (unpaired) electrons. The molecule has 5 nitrogen and oxygen atoms in total. The van der Waals surface area contributed by atoms with Gasteiger partial charge in [-0.25, -0.2) is 9.79 Å². The molecule has 2 heterocycles. The summed E-state index contributed by atoms with van der Waals surface area (Å²) in [7, 11) is 0. The molecule has 1 aromatic rings. The van der Waals surface area contributed by atoms with Crippen molar-refractivity contribution in [2.75, 3.05) is 6.54 Å². The van der Waals surface area contributed by atoms with Crippen molar-refractivity contribution < 1.29 is 9.53 Å². The number of fused-ring (bicyclic) bond motifs is 2. The predicted molar refractivity (Wildman–Crippen MR) is 110 cm³/mol. The minimum atomic E-state index is -0.546. The zero-order valence-electron chi connectivity index (χ0n) is 15.3. The molecule has 1 aromatic carbocycles. The third-order valence-electron chi connectivity index (χ3n) is 4.48. The number of amides is 1. The van der Waals surface area contributed by atoms with E-state index >= 15 is 0 Å². The Kier molecular flexibility index (Phi) is 6.80. The maximum Gasteiger partial charge on any atom is 0.412 e. The number of hydrogen-bond donors (Lipinski definition) is 1. The highest BCUT2D eigenvalue weighted by molar-refractivity contribution is 6.38. The summed E-state index contributed by atoms with van der Waals surface area (Å²) in [6, 6.07) is 1.69. The van der Waals surface area contributed by atoms with Gasteiger partial charge in [0.25, 0.3) is 0 Å². The Morgan fingerprint density at radius 1 is 1.26 bits per heavy atom. The summed E-state index contributed by atoms with van der Waals surface area (Å²) < 4.78 is 5.39. The number of ether oxygens (including phenoxy) is 1. The summed E-state index contributed by atoms with van der Waals surface area (Å²) in [5.41, 5.74) is 1.48. The fourth-order valence-corrected chi connectivity index (χ4v) is 3.60. The minimum Gasteiger partial charge on any atom is -0.407 e. The highest BCUT2D eigenvalue weighted by Gasteiger charge is 2.25. The zero-order valence-corrected chi connectivity index (χ0v) is 16.8. The van der Waals surface area contributed by atoms with Crippen LogP contribution in [-0.4, -0.2) is 23.4 Å². The van der Waals surface area contributed by atoms with Crippen molar-refractivity contribution in [1.82, 2.24) is 10.2 Å². The highest BCUT2D eigenvalue weighted by Crippen LogP contribution is 2.43. The van der Waals surface area contributed by atoms with Crippen molar-refractivity contribution in [3.8, 4) is 5.75 Å². The van der Waals surface area contributed by atoms with Gasteiger partial charge in [0.2, 0.25) is 0 Å². The first-order valence-electron chi connectivity index (χ1n) is 9.27. The molecule has 2 aliphatic rings. The number of halogens is 2. The van der Waals surface area contributed by atoms with Crippen LogP contribution >= 0.6 is 23.2 Å². The molecule has 7 heteroatoms. The lowest BCUT2D eigenvalue weighted by molar-refractivity contribution is 0.200. The van der Waals surface area contributed by atoms with Crippen LogP contribution in [0.5, 0.6) is 5.75 Å². The fraction of sp³-hybridized carbons (Fsp3) is 0.400. The first-order chi connectivity index (χ1) is 13.1. The SMILES string of the molecule is CCCCCCCNC(=O)Oc1c(Cl)cc2c(c1Cl)CN1C=CC=CC1=N2. The molecule has 0 aromatic heterocycles. The van der Waals surface area contributed by atoms with Gasteiger partial charge in [0.05, 0.1) is 22.3 Å². The minimum absolute atomic E-state index is 0.177. The number of allylic oxidation sites excluding steroid dienone is 2. The molecular formula is C20H23Cl2N3O2. The van der Waals surface area contributed by atoms with E-state index in [1.165, 1.54) is 19.3 Å². The van der Waals surface area contributed by atoms with Gasteiger partial charge in [-0.1, -0.05) is 61.9 Å². The Hall–Kier alpha value is -1.98. The summed E-state index contributed by atoms with van der Waals surface area (Å²) in [6.07, 6.45) is 12.8. The van der Waals surface area contributed by atoms with Crippen LogP contribution in [0.25, 0.3) is 0 Å². The number of hydrogen-bond acceptors (Lipinski definition) is 4. The molecule has 0 unspecified atom stereocenters. The molecule has 0 fully saturated rings. The monoisotopic (exact) mass is 407 g/mol. The van der Waals surface area contributed by atoms with Gasteiger partial charge >= 0.3 is 6.09 Å². The van der Waals surface area contributed by atoms with Crippen LogP contribution in [0.4, 0.5) is 10.5 Å². The average Bonchev–Trinajstić information content (AvgIpc) is 2.66. The van der Waals surface area contributed by atoms with Gasteiger partial charge in [0, 0.05) is 18.3 Å². The third-order valence-corrected chi connectivity index (χ3v) is 5.16. The third kappa shape index (κ3) is 4.85. The summed E-state index contributed by atoms with van der Waals surface area (Å²) in [6.45, 7) is 3.29. The van der Waals surface area contributed by atoms with Gasteiger partial charge in [0.1, 0.15) is 5.84 Å². The Labute approximate surface area is 169 Å². The molecular weight excluding hydrogens is 385 g/mol. The van der Waals surface area contributed by atoms with Crippen molar-refractivity contribution in [2.24, 2.45) is 4.99 Å². The van der Waals surface area contributed by atoms with Crippen LogP contribution < -0.4 is 10.1 Å². The van der Waals surface area contributed by atoms with Crippen molar-refractivity contribution in [3.63, 3.8) is 0 Å². The topological polar surface area (TPSA) is 53.9 Å². The normalized spacial score (nSPS) is 14.5. The molecule has 0 spiro atoms. The summed E-state index contributed by atoms with van der Waals surface area (Å²) >= 11 is 12.8. The molecule has 0 saturated carbocycles. The second-order valence-corrected chi connectivity index (χ2v) is 7.31. The molecule has 0 bridgehead atoms. The number of nitrogens with one attached hydrogen (secondary N) is 1. The first-order valence-corrected chi connectivity index (χ1v) is 10.0. The van der Waals surface area contributed by atoms with Crippen LogP contribution in [0.2, 0.25) is 10.0 Å². The maximum atomic E-state index is 12.1. The number of aliphatic imine (C=N–C) groups is 1. The number of unbranched alkanes of at least 4 members (excludes halogenated alkanes) is 4. The number of amidine groups is 1. The Balaban J connectivity index is 1.65. The van der Waals surface area contributed by atoms with E-state index in [0.717, 1.165) is 24.2 Å². The van der Waals surface area contributed by atoms with Gasteiger partial charge in [-0.2, -0.15) is 0 Å². The second kappa shape index (κ2) is 9.29. The molecule has 1 N–H and O–H groups in total. The van der Waals surface area contributed by atoms with Gasteiger partial charge in [-0.05, 0) is 24.6 Å². The highest BCUT2D eigenvalue weighted by atomic mass is 35.5. The Bertz CT molecular complexity index is 803.